The van der Waals surface area contributed by atoms with E-state index in [1.54, 1.807) is 6.33 Å². The molecule has 0 spiro atoms. The first-order valence-electron chi connectivity index (χ1n) is 4.23. The maximum atomic E-state index is 4.26. The smallest absolute Gasteiger partial charge is 0.115 e. The quantitative estimate of drug-likeness (QED) is 0.541. The van der Waals surface area contributed by atoms with Crippen LogP contribution in [0.4, 0.5) is 0 Å². The highest BCUT2D eigenvalue weighted by Gasteiger charge is 2.14. The van der Waals surface area contributed by atoms with Gasteiger partial charge in [-0.25, -0.2) is 9.97 Å². The van der Waals surface area contributed by atoms with Gasteiger partial charge in [0.25, 0.3) is 0 Å². The van der Waals surface area contributed by atoms with Crippen LogP contribution < -0.4 is 0 Å². The van der Waals surface area contributed by atoms with Crippen LogP contribution in [-0.2, 0) is 12.8 Å². The molecule has 12 heavy (non-hydrogen) atoms. The van der Waals surface area contributed by atoms with Crippen LogP contribution in [0.1, 0.15) is 23.4 Å². The monoisotopic (exact) mass is 160 g/mol. The molecule has 2 heteroatoms. The minimum Gasteiger partial charge on any atom is -0.241 e. The molecular formula is C10H12N2. The topological polar surface area (TPSA) is 25.8 Å². The van der Waals surface area contributed by atoms with Gasteiger partial charge in [0, 0.05) is 12.1 Å². The van der Waals surface area contributed by atoms with E-state index in [4.69, 9.17) is 0 Å². The third-order valence-electron chi connectivity index (χ3n) is 2.40. The van der Waals surface area contributed by atoms with Crippen molar-refractivity contribution in [1.29, 1.82) is 0 Å². The molecule has 0 radical (unpaired) electrons. The minimum absolute atomic E-state index is 0.943. The summed E-state index contributed by atoms with van der Waals surface area (Å²) in [5.74, 6) is 0. The van der Waals surface area contributed by atoms with Gasteiger partial charge in [-0.1, -0.05) is 12.2 Å². The first-order chi connectivity index (χ1) is 5.77. The maximum absolute atomic E-state index is 4.26. The van der Waals surface area contributed by atoms with Gasteiger partial charge in [-0.2, -0.15) is 0 Å². The molecule has 1 aromatic rings. The zero-order valence-electron chi connectivity index (χ0n) is 7.30. The lowest BCUT2D eigenvalue weighted by molar-refractivity contribution is 0.785. The molecule has 0 unspecified atom stereocenters. The molecule has 0 fully saturated rings. The van der Waals surface area contributed by atoms with E-state index in [9.17, 15) is 0 Å². The predicted octanol–water partition coefficient (Wildman–Crippen LogP) is 1.83. The van der Waals surface area contributed by atoms with Gasteiger partial charge in [-0.3, -0.25) is 0 Å². The van der Waals surface area contributed by atoms with E-state index in [2.05, 4.69) is 23.5 Å². The second kappa shape index (κ2) is 2.70. The molecule has 1 aliphatic carbocycles. The molecule has 0 bridgehead atoms. The molecule has 0 atom stereocenters. The van der Waals surface area contributed by atoms with Crippen LogP contribution in [0.2, 0.25) is 0 Å². The Balaban J connectivity index is 2.48. The van der Waals surface area contributed by atoms with Gasteiger partial charge in [0.1, 0.15) is 6.33 Å². The highest BCUT2D eigenvalue weighted by atomic mass is 14.8. The first-order valence-corrected chi connectivity index (χ1v) is 4.23. The van der Waals surface area contributed by atoms with Crippen molar-refractivity contribution in [3.8, 4) is 0 Å². The summed E-state index contributed by atoms with van der Waals surface area (Å²) in [6, 6.07) is 0. The fraction of sp³-hybridized carbons (Fsp3) is 0.400. The number of hydrogen-bond acceptors (Lipinski definition) is 2. The number of aromatic nitrogens is 2. The summed E-state index contributed by atoms with van der Waals surface area (Å²) >= 11 is 0. The molecule has 1 heterocycles. The van der Waals surface area contributed by atoms with Crippen molar-refractivity contribution in [1.82, 2.24) is 9.97 Å². The van der Waals surface area contributed by atoms with Crippen LogP contribution in [0.3, 0.4) is 0 Å². The van der Waals surface area contributed by atoms with Gasteiger partial charge in [0.15, 0.2) is 0 Å². The highest BCUT2D eigenvalue weighted by molar-refractivity contribution is 5.31. The summed E-state index contributed by atoms with van der Waals surface area (Å²) in [4.78, 5) is 8.44. The van der Waals surface area contributed by atoms with Crippen molar-refractivity contribution in [3.05, 3.63) is 35.4 Å². The van der Waals surface area contributed by atoms with Gasteiger partial charge in [0.05, 0.1) is 5.69 Å². The van der Waals surface area contributed by atoms with E-state index in [1.165, 1.54) is 16.8 Å². The molecular weight excluding hydrogens is 148 g/mol. The van der Waals surface area contributed by atoms with E-state index in [0.717, 1.165) is 25.0 Å². The molecule has 0 aliphatic heterocycles. The number of fused-ring (bicyclic) bond motifs is 1. The number of hydrogen-bond donors (Lipinski definition) is 0. The molecule has 2 nitrogen and oxygen atoms in total. The average molecular weight is 160 g/mol. The third-order valence-corrected chi connectivity index (χ3v) is 2.40. The molecule has 0 N–H and O–H groups in total. The second-order valence-electron chi connectivity index (χ2n) is 3.31. The van der Waals surface area contributed by atoms with Crippen LogP contribution in [0, 0.1) is 6.92 Å². The Morgan fingerprint density at radius 2 is 2.17 bits per heavy atom. The lowest BCUT2D eigenvalue weighted by atomic mass is 9.92. The fourth-order valence-electron chi connectivity index (χ4n) is 1.65. The van der Waals surface area contributed by atoms with E-state index in [0.29, 0.717) is 0 Å². The Morgan fingerprint density at radius 3 is 3.00 bits per heavy atom. The minimum atomic E-state index is 0.943. The number of allylic oxidation sites excluding steroid dienone is 1. The van der Waals surface area contributed by atoms with Crippen molar-refractivity contribution in [3.63, 3.8) is 0 Å². The average Bonchev–Trinajstić information content (AvgIpc) is 2.04. The standard InChI is InChI=1S/C10H12N2/c1-7-3-4-9-8(2)11-6-12-10(9)5-7/h6H,1,3-5H2,2H3. The van der Waals surface area contributed by atoms with Gasteiger partial charge in [0.2, 0.25) is 0 Å². The number of nitrogens with zero attached hydrogens (tertiary/aromatic N) is 2. The predicted molar refractivity (Wildman–Crippen MR) is 47.9 cm³/mol. The van der Waals surface area contributed by atoms with Gasteiger partial charge >= 0.3 is 0 Å². The summed E-state index contributed by atoms with van der Waals surface area (Å²) < 4.78 is 0. The van der Waals surface area contributed by atoms with Crippen LogP contribution in [0.25, 0.3) is 0 Å². The lowest BCUT2D eigenvalue weighted by Crippen LogP contribution is -2.09. The Labute approximate surface area is 72.4 Å². The van der Waals surface area contributed by atoms with Crippen molar-refractivity contribution >= 4 is 0 Å². The van der Waals surface area contributed by atoms with Crippen LogP contribution >= 0.6 is 0 Å². The zero-order valence-corrected chi connectivity index (χ0v) is 7.30. The molecule has 62 valence electrons. The van der Waals surface area contributed by atoms with Crippen LogP contribution in [-0.4, -0.2) is 9.97 Å². The van der Waals surface area contributed by atoms with Gasteiger partial charge in [-0.15, -0.1) is 0 Å². The molecule has 0 saturated carbocycles. The Morgan fingerprint density at radius 1 is 1.33 bits per heavy atom. The second-order valence-corrected chi connectivity index (χ2v) is 3.31. The largest absolute Gasteiger partial charge is 0.241 e. The Kier molecular flexibility index (Phi) is 1.68. The van der Waals surface area contributed by atoms with E-state index in [-0.39, 0.29) is 0 Å². The summed E-state index contributed by atoms with van der Waals surface area (Å²) in [6.45, 7) is 6.03. The highest BCUT2D eigenvalue weighted by Crippen LogP contribution is 2.23. The lowest BCUT2D eigenvalue weighted by Gasteiger charge is -2.17. The third kappa shape index (κ3) is 1.13. The zero-order chi connectivity index (χ0) is 8.55. The van der Waals surface area contributed by atoms with Crippen molar-refractivity contribution < 1.29 is 0 Å². The summed E-state index contributed by atoms with van der Waals surface area (Å²) in [7, 11) is 0. The number of rotatable bonds is 0. The maximum Gasteiger partial charge on any atom is 0.115 e. The van der Waals surface area contributed by atoms with Crippen LogP contribution in [0.15, 0.2) is 18.5 Å². The fourth-order valence-corrected chi connectivity index (χ4v) is 1.65. The van der Waals surface area contributed by atoms with Crippen molar-refractivity contribution in [2.24, 2.45) is 0 Å². The molecule has 0 saturated heterocycles. The van der Waals surface area contributed by atoms with E-state index >= 15 is 0 Å². The van der Waals surface area contributed by atoms with E-state index < -0.39 is 0 Å². The molecule has 0 aromatic carbocycles. The van der Waals surface area contributed by atoms with Crippen molar-refractivity contribution in [2.45, 2.75) is 26.2 Å². The van der Waals surface area contributed by atoms with Crippen LogP contribution in [0.5, 0.6) is 0 Å². The molecule has 0 amide bonds. The first kappa shape index (κ1) is 7.47. The van der Waals surface area contributed by atoms with Gasteiger partial charge in [-0.05, 0) is 25.3 Å². The van der Waals surface area contributed by atoms with Crippen molar-refractivity contribution in [2.75, 3.05) is 0 Å². The SMILES string of the molecule is C=C1CCc2c(C)ncnc2C1. The molecule has 1 aromatic heterocycles. The van der Waals surface area contributed by atoms with E-state index in [1.807, 2.05) is 0 Å². The Hall–Kier alpha value is -1.18. The summed E-state index contributed by atoms with van der Waals surface area (Å²) in [5, 5.41) is 0. The molecule has 1 aliphatic rings. The Bertz CT molecular complexity index is 329. The molecule has 2 rings (SSSR count). The summed E-state index contributed by atoms with van der Waals surface area (Å²) in [5.41, 5.74) is 4.94. The van der Waals surface area contributed by atoms with Gasteiger partial charge < -0.3 is 0 Å². The number of aryl methyl sites for hydroxylation is 1. The normalized spacial score (nSPS) is 15.9. The summed E-state index contributed by atoms with van der Waals surface area (Å²) in [6.07, 6.45) is 4.76.